The molecule has 0 saturated carbocycles. The van der Waals surface area contributed by atoms with Gasteiger partial charge in [-0.05, 0) is 13.0 Å². The molecule has 1 N–H and O–H groups in total. The standard InChI is InChI=1S/C10H11NO5/c1-6(12)7-4-9-10(16-3-2-15-9)5-8(7)11(13)14/h4-6,12H,2-3H2,1H3/t6-/m1/s1. The molecule has 6 heteroatoms. The fourth-order valence-corrected chi connectivity index (χ4v) is 1.59. The number of ether oxygens (including phenoxy) is 2. The Morgan fingerprint density at radius 1 is 1.38 bits per heavy atom. The van der Waals surface area contributed by atoms with Gasteiger partial charge in [-0.25, -0.2) is 0 Å². The van der Waals surface area contributed by atoms with E-state index in [1.807, 2.05) is 0 Å². The maximum Gasteiger partial charge on any atom is 0.279 e. The molecule has 86 valence electrons. The van der Waals surface area contributed by atoms with E-state index in [0.717, 1.165) is 0 Å². The SMILES string of the molecule is C[C@@H](O)c1cc2c(cc1[N+](=O)[O-])OCCO2. The number of fused-ring (bicyclic) bond motifs is 1. The van der Waals surface area contributed by atoms with Crippen LogP contribution in [0.4, 0.5) is 5.69 Å². The van der Waals surface area contributed by atoms with Crippen molar-refractivity contribution in [1.82, 2.24) is 0 Å². The van der Waals surface area contributed by atoms with Gasteiger partial charge >= 0.3 is 0 Å². The Morgan fingerprint density at radius 3 is 2.44 bits per heavy atom. The van der Waals surface area contributed by atoms with Crippen LogP contribution in [0.3, 0.4) is 0 Å². The highest BCUT2D eigenvalue weighted by molar-refractivity contribution is 5.55. The Hall–Kier alpha value is -1.82. The third kappa shape index (κ3) is 1.79. The number of nitro groups is 1. The molecule has 0 aliphatic carbocycles. The van der Waals surface area contributed by atoms with Crippen molar-refractivity contribution in [3.8, 4) is 11.5 Å². The van der Waals surface area contributed by atoms with E-state index in [1.54, 1.807) is 0 Å². The van der Waals surface area contributed by atoms with E-state index >= 15 is 0 Å². The summed E-state index contributed by atoms with van der Waals surface area (Å²) in [6.07, 6.45) is -0.920. The Kier molecular flexibility index (Phi) is 2.66. The number of rotatable bonds is 2. The number of aliphatic hydroxyl groups excluding tert-OH is 1. The van der Waals surface area contributed by atoms with E-state index in [0.29, 0.717) is 24.7 Å². The van der Waals surface area contributed by atoms with Gasteiger partial charge in [0, 0.05) is 0 Å². The van der Waals surface area contributed by atoms with E-state index in [1.165, 1.54) is 19.1 Å². The molecule has 0 bridgehead atoms. The molecule has 0 unspecified atom stereocenters. The average molecular weight is 225 g/mol. The highest BCUT2D eigenvalue weighted by atomic mass is 16.6. The van der Waals surface area contributed by atoms with Crippen molar-refractivity contribution in [3.63, 3.8) is 0 Å². The lowest BCUT2D eigenvalue weighted by Gasteiger charge is -2.19. The van der Waals surface area contributed by atoms with Crippen LogP contribution < -0.4 is 9.47 Å². The first-order valence-electron chi connectivity index (χ1n) is 4.85. The molecule has 0 radical (unpaired) electrons. The Bertz CT molecular complexity index is 429. The van der Waals surface area contributed by atoms with Crippen LogP contribution in [0.2, 0.25) is 0 Å². The number of nitro benzene ring substituents is 1. The van der Waals surface area contributed by atoms with Crippen molar-refractivity contribution < 1.29 is 19.5 Å². The lowest BCUT2D eigenvalue weighted by molar-refractivity contribution is -0.386. The average Bonchev–Trinajstić information content (AvgIpc) is 2.27. The lowest BCUT2D eigenvalue weighted by atomic mass is 10.1. The Morgan fingerprint density at radius 2 is 1.94 bits per heavy atom. The summed E-state index contributed by atoms with van der Waals surface area (Å²) < 4.78 is 10.5. The van der Waals surface area contributed by atoms with Crippen LogP contribution in [0.5, 0.6) is 11.5 Å². The molecule has 1 heterocycles. The summed E-state index contributed by atoms with van der Waals surface area (Å²) >= 11 is 0. The van der Waals surface area contributed by atoms with Gasteiger partial charge in [-0.2, -0.15) is 0 Å². The van der Waals surface area contributed by atoms with E-state index < -0.39 is 11.0 Å². The molecular weight excluding hydrogens is 214 g/mol. The minimum atomic E-state index is -0.920. The van der Waals surface area contributed by atoms with Crippen molar-refractivity contribution >= 4 is 5.69 Å². The lowest BCUT2D eigenvalue weighted by Crippen LogP contribution is -2.16. The first kappa shape index (κ1) is 10.7. The van der Waals surface area contributed by atoms with Gasteiger partial charge in [-0.3, -0.25) is 10.1 Å². The second-order valence-corrected chi connectivity index (χ2v) is 3.49. The molecule has 0 aromatic heterocycles. The van der Waals surface area contributed by atoms with Crippen molar-refractivity contribution in [3.05, 3.63) is 27.8 Å². The van der Waals surface area contributed by atoms with Gasteiger partial charge in [-0.15, -0.1) is 0 Å². The van der Waals surface area contributed by atoms with E-state index in [2.05, 4.69) is 0 Å². The maximum atomic E-state index is 10.8. The predicted octanol–water partition coefficient (Wildman–Crippen LogP) is 1.42. The first-order valence-corrected chi connectivity index (χ1v) is 4.85. The van der Waals surface area contributed by atoms with Crippen LogP contribution in [0, 0.1) is 10.1 Å². The van der Waals surface area contributed by atoms with Gasteiger partial charge in [-0.1, -0.05) is 0 Å². The summed E-state index contributed by atoms with van der Waals surface area (Å²) in [6, 6.07) is 2.74. The summed E-state index contributed by atoms with van der Waals surface area (Å²) in [6.45, 7) is 2.25. The van der Waals surface area contributed by atoms with Crippen molar-refractivity contribution in [2.75, 3.05) is 13.2 Å². The van der Waals surface area contributed by atoms with Crippen LogP contribution in [0.15, 0.2) is 12.1 Å². The molecule has 0 saturated heterocycles. The fourth-order valence-electron chi connectivity index (χ4n) is 1.59. The molecule has 1 aromatic carbocycles. The quantitative estimate of drug-likeness (QED) is 0.608. The van der Waals surface area contributed by atoms with E-state index in [4.69, 9.17) is 9.47 Å². The molecular formula is C10H11NO5. The molecule has 6 nitrogen and oxygen atoms in total. The molecule has 0 spiro atoms. The van der Waals surface area contributed by atoms with E-state index in [9.17, 15) is 15.2 Å². The van der Waals surface area contributed by atoms with Gasteiger partial charge < -0.3 is 14.6 Å². The molecule has 0 fully saturated rings. The van der Waals surface area contributed by atoms with Crippen LogP contribution >= 0.6 is 0 Å². The molecule has 16 heavy (non-hydrogen) atoms. The fraction of sp³-hybridized carbons (Fsp3) is 0.400. The zero-order chi connectivity index (χ0) is 11.7. The highest BCUT2D eigenvalue weighted by Crippen LogP contribution is 2.38. The molecule has 1 aromatic rings. The van der Waals surface area contributed by atoms with Crippen molar-refractivity contribution in [2.24, 2.45) is 0 Å². The number of hydrogen-bond donors (Lipinski definition) is 1. The predicted molar refractivity (Wildman–Crippen MR) is 54.7 cm³/mol. The van der Waals surface area contributed by atoms with Crippen LogP contribution in [-0.2, 0) is 0 Å². The normalized spacial score (nSPS) is 15.6. The minimum absolute atomic E-state index is 0.153. The van der Waals surface area contributed by atoms with Gasteiger partial charge in [0.05, 0.1) is 22.7 Å². The maximum absolute atomic E-state index is 10.8. The van der Waals surface area contributed by atoms with Crippen LogP contribution in [0.1, 0.15) is 18.6 Å². The van der Waals surface area contributed by atoms with Gasteiger partial charge in [0.25, 0.3) is 5.69 Å². The first-order chi connectivity index (χ1) is 7.59. The number of nitrogens with zero attached hydrogens (tertiary/aromatic N) is 1. The second kappa shape index (κ2) is 3.97. The number of aliphatic hydroxyl groups is 1. The number of benzene rings is 1. The third-order valence-electron chi connectivity index (χ3n) is 2.34. The zero-order valence-electron chi connectivity index (χ0n) is 8.67. The van der Waals surface area contributed by atoms with E-state index in [-0.39, 0.29) is 11.3 Å². The largest absolute Gasteiger partial charge is 0.486 e. The Balaban J connectivity index is 2.54. The topological polar surface area (TPSA) is 81.8 Å². The summed E-state index contributed by atoms with van der Waals surface area (Å²) in [4.78, 5) is 10.3. The van der Waals surface area contributed by atoms with Crippen LogP contribution in [-0.4, -0.2) is 23.2 Å². The van der Waals surface area contributed by atoms with Gasteiger partial charge in [0.15, 0.2) is 11.5 Å². The zero-order valence-corrected chi connectivity index (χ0v) is 8.67. The van der Waals surface area contributed by atoms with Gasteiger partial charge in [0.2, 0.25) is 0 Å². The monoisotopic (exact) mass is 225 g/mol. The van der Waals surface area contributed by atoms with Gasteiger partial charge in [0.1, 0.15) is 13.2 Å². The molecule has 2 rings (SSSR count). The second-order valence-electron chi connectivity index (χ2n) is 3.49. The van der Waals surface area contributed by atoms with Crippen LogP contribution in [0.25, 0.3) is 0 Å². The summed E-state index contributed by atoms with van der Waals surface area (Å²) in [5.41, 5.74) is 0.0773. The third-order valence-corrected chi connectivity index (χ3v) is 2.34. The highest BCUT2D eigenvalue weighted by Gasteiger charge is 2.24. The molecule has 1 aliphatic heterocycles. The molecule has 0 amide bonds. The summed E-state index contributed by atoms with van der Waals surface area (Å²) in [5, 5.41) is 20.3. The van der Waals surface area contributed by atoms with Crippen molar-refractivity contribution in [2.45, 2.75) is 13.0 Å². The minimum Gasteiger partial charge on any atom is -0.486 e. The summed E-state index contributed by atoms with van der Waals surface area (Å²) in [5.74, 6) is 0.787. The Labute approximate surface area is 91.6 Å². The summed E-state index contributed by atoms with van der Waals surface area (Å²) in [7, 11) is 0. The van der Waals surface area contributed by atoms with Crippen molar-refractivity contribution in [1.29, 1.82) is 0 Å². The smallest absolute Gasteiger partial charge is 0.279 e. The molecule has 1 aliphatic rings. The molecule has 1 atom stereocenters. The number of hydrogen-bond acceptors (Lipinski definition) is 5.